The largest absolute Gasteiger partial charge is 0.494 e. The number of nitrogens with zero attached hydrogens (tertiary/aromatic N) is 2. The molecular weight excluding hydrogens is 557 g/mol. The summed E-state index contributed by atoms with van der Waals surface area (Å²) in [4.78, 5) is 28.8. The van der Waals surface area contributed by atoms with Crippen molar-refractivity contribution >= 4 is 27.5 Å². The first-order chi connectivity index (χ1) is 19.7. The van der Waals surface area contributed by atoms with Crippen LogP contribution in [0, 0.1) is 12.7 Å². The number of sulfonamides is 1. The van der Waals surface area contributed by atoms with E-state index in [1.807, 2.05) is 65.8 Å². The van der Waals surface area contributed by atoms with Crippen LogP contribution in [0.5, 0.6) is 5.75 Å². The zero-order valence-electron chi connectivity index (χ0n) is 25.1. The SMILES string of the molecule is CCOc1ccc(N(CC(=O)N(Cc2cccc(C)c2)C(CC)C(=O)NC(C)(C)C)S(=O)(=O)c2ccc(F)cc2)cc1. The Bertz CT molecular complexity index is 1470. The van der Waals surface area contributed by atoms with Crippen LogP contribution < -0.4 is 14.4 Å². The Morgan fingerprint density at radius 2 is 1.62 bits per heavy atom. The molecule has 0 bridgehead atoms. The van der Waals surface area contributed by atoms with Gasteiger partial charge in [-0.3, -0.25) is 13.9 Å². The number of anilines is 1. The first-order valence-electron chi connectivity index (χ1n) is 13.9. The van der Waals surface area contributed by atoms with E-state index in [0.29, 0.717) is 18.8 Å². The number of carbonyl (C=O) groups is 2. The van der Waals surface area contributed by atoms with E-state index in [1.165, 1.54) is 4.90 Å². The molecule has 3 aromatic rings. The lowest BCUT2D eigenvalue weighted by molar-refractivity contribution is -0.141. The first-order valence-corrected chi connectivity index (χ1v) is 15.4. The third-order valence-electron chi connectivity index (χ3n) is 6.44. The summed E-state index contributed by atoms with van der Waals surface area (Å²) in [5.41, 5.74) is 1.48. The number of hydrogen-bond donors (Lipinski definition) is 1. The molecular formula is C32H40FN3O5S. The van der Waals surface area contributed by atoms with Gasteiger partial charge in [-0.15, -0.1) is 0 Å². The van der Waals surface area contributed by atoms with Crippen molar-refractivity contribution in [2.75, 3.05) is 17.5 Å². The average molecular weight is 598 g/mol. The van der Waals surface area contributed by atoms with Crippen molar-refractivity contribution in [3.05, 3.63) is 89.7 Å². The second kappa shape index (κ2) is 13.8. The van der Waals surface area contributed by atoms with Gasteiger partial charge in [0.2, 0.25) is 11.8 Å². The van der Waals surface area contributed by atoms with Crippen LogP contribution in [0.25, 0.3) is 0 Å². The lowest BCUT2D eigenvalue weighted by Gasteiger charge is -2.34. The molecule has 0 saturated heterocycles. The number of rotatable bonds is 12. The van der Waals surface area contributed by atoms with E-state index in [2.05, 4.69) is 5.32 Å². The van der Waals surface area contributed by atoms with Gasteiger partial charge in [-0.25, -0.2) is 12.8 Å². The molecule has 226 valence electrons. The fourth-order valence-corrected chi connectivity index (χ4v) is 5.93. The number of ether oxygens (including phenoxy) is 1. The molecule has 42 heavy (non-hydrogen) atoms. The van der Waals surface area contributed by atoms with E-state index in [-0.39, 0.29) is 23.0 Å². The van der Waals surface area contributed by atoms with E-state index >= 15 is 0 Å². The molecule has 0 radical (unpaired) electrons. The molecule has 3 aromatic carbocycles. The maximum atomic E-state index is 14.1. The predicted octanol–water partition coefficient (Wildman–Crippen LogP) is 5.45. The van der Waals surface area contributed by atoms with Gasteiger partial charge in [0, 0.05) is 12.1 Å². The topological polar surface area (TPSA) is 96.0 Å². The summed E-state index contributed by atoms with van der Waals surface area (Å²) in [7, 11) is -4.31. The zero-order valence-corrected chi connectivity index (χ0v) is 25.9. The maximum absolute atomic E-state index is 14.1. The van der Waals surface area contributed by atoms with Crippen molar-refractivity contribution in [1.29, 1.82) is 0 Å². The van der Waals surface area contributed by atoms with Crippen LogP contribution in [-0.2, 0) is 26.2 Å². The number of benzene rings is 3. The minimum Gasteiger partial charge on any atom is -0.494 e. The normalized spacial score (nSPS) is 12.4. The average Bonchev–Trinajstić information content (AvgIpc) is 2.91. The highest BCUT2D eigenvalue weighted by atomic mass is 32.2. The van der Waals surface area contributed by atoms with Crippen LogP contribution in [0.15, 0.2) is 77.7 Å². The Kier molecular flexibility index (Phi) is 10.7. The third kappa shape index (κ3) is 8.55. The summed E-state index contributed by atoms with van der Waals surface area (Å²) in [5.74, 6) is -0.942. The molecule has 1 N–H and O–H groups in total. The summed E-state index contributed by atoms with van der Waals surface area (Å²) in [5, 5.41) is 2.95. The van der Waals surface area contributed by atoms with Gasteiger partial charge in [0.15, 0.2) is 0 Å². The molecule has 2 amide bonds. The second-order valence-electron chi connectivity index (χ2n) is 11.1. The number of carbonyl (C=O) groups excluding carboxylic acids is 2. The highest BCUT2D eigenvalue weighted by Gasteiger charge is 2.34. The number of hydrogen-bond acceptors (Lipinski definition) is 5. The van der Waals surface area contributed by atoms with Crippen LogP contribution in [-0.4, -0.2) is 49.9 Å². The van der Waals surface area contributed by atoms with Crippen LogP contribution >= 0.6 is 0 Å². The van der Waals surface area contributed by atoms with Gasteiger partial charge in [-0.2, -0.15) is 0 Å². The fourth-order valence-electron chi connectivity index (χ4n) is 4.52. The van der Waals surface area contributed by atoms with Gasteiger partial charge >= 0.3 is 0 Å². The molecule has 0 heterocycles. The minimum absolute atomic E-state index is 0.101. The van der Waals surface area contributed by atoms with Crippen LogP contribution in [0.3, 0.4) is 0 Å². The molecule has 0 spiro atoms. The summed E-state index contributed by atoms with van der Waals surface area (Å²) in [6, 6.07) is 17.5. The van der Waals surface area contributed by atoms with E-state index in [9.17, 15) is 22.4 Å². The number of halogens is 1. The maximum Gasteiger partial charge on any atom is 0.264 e. The number of aryl methyl sites for hydroxylation is 1. The van der Waals surface area contributed by atoms with Crippen molar-refractivity contribution < 1.29 is 27.1 Å². The highest BCUT2D eigenvalue weighted by Crippen LogP contribution is 2.27. The third-order valence-corrected chi connectivity index (χ3v) is 8.22. The van der Waals surface area contributed by atoms with Crippen molar-refractivity contribution in [2.24, 2.45) is 0 Å². The van der Waals surface area contributed by atoms with Crippen molar-refractivity contribution in [1.82, 2.24) is 10.2 Å². The summed E-state index contributed by atoms with van der Waals surface area (Å²) in [6.45, 7) is 11.1. The van der Waals surface area contributed by atoms with E-state index < -0.39 is 39.9 Å². The highest BCUT2D eigenvalue weighted by molar-refractivity contribution is 7.92. The van der Waals surface area contributed by atoms with Crippen molar-refractivity contribution in [2.45, 2.75) is 71.0 Å². The Morgan fingerprint density at radius 1 is 0.976 bits per heavy atom. The lowest BCUT2D eigenvalue weighted by atomic mass is 10.0. The Hall–Kier alpha value is -3.92. The molecule has 0 aliphatic rings. The Morgan fingerprint density at radius 3 is 2.17 bits per heavy atom. The molecule has 1 atom stereocenters. The summed E-state index contributed by atoms with van der Waals surface area (Å²) >= 11 is 0. The van der Waals surface area contributed by atoms with Crippen LogP contribution in [0.2, 0.25) is 0 Å². The first kappa shape index (κ1) is 32.6. The molecule has 0 saturated carbocycles. The lowest BCUT2D eigenvalue weighted by Crippen LogP contribution is -2.55. The minimum atomic E-state index is -4.31. The van der Waals surface area contributed by atoms with Crippen LogP contribution in [0.1, 0.15) is 52.2 Å². The fraction of sp³-hybridized carbons (Fsp3) is 0.375. The Labute approximate surface area is 248 Å². The van der Waals surface area contributed by atoms with Crippen molar-refractivity contribution in [3.63, 3.8) is 0 Å². The molecule has 3 rings (SSSR count). The Balaban J connectivity index is 2.08. The number of amides is 2. The molecule has 10 heteroatoms. The van der Waals surface area contributed by atoms with Gasteiger partial charge < -0.3 is 15.0 Å². The van der Waals surface area contributed by atoms with Gasteiger partial charge in [0.25, 0.3) is 10.0 Å². The van der Waals surface area contributed by atoms with Crippen LogP contribution in [0.4, 0.5) is 10.1 Å². The van der Waals surface area contributed by atoms with E-state index in [0.717, 1.165) is 39.7 Å². The monoisotopic (exact) mass is 597 g/mol. The predicted molar refractivity (Wildman–Crippen MR) is 162 cm³/mol. The smallest absolute Gasteiger partial charge is 0.264 e. The molecule has 0 aliphatic carbocycles. The number of nitrogens with one attached hydrogen (secondary N) is 1. The van der Waals surface area contributed by atoms with Gasteiger partial charge in [0.05, 0.1) is 17.2 Å². The molecule has 0 aliphatic heterocycles. The van der Waals surface area contributed by atoms with E-state index in [1.54, 1.807) is 24.3 Å². The van der Waals surface area contributed by atoms with Gasteiger partial charge in [-0.1, -0.05) is 36.8 Å². The molecule has 0 aromatic heterocycles. The molecule has 0 fully saturated rings. The summed E-state index contributed by atoms with van der Waals surface area (Å²) < 4.78 is 47.9. The van der Waals surface area contributed by atoms with Gasteiger partial charge in [-0.05, 0) is 95.1 Å². The second-order valence-corrected chi connectivity index (χ2v) is 12.9. The molecule has 8 nitrogen and oxygen atoms in total. The summed E-state index contributed by atoms with van der Waals surface area (Å²) in [6.07, 6.45) is 0.313. The zero-order chi connectivity index (χ0) is 31.1. The standard InChI is InChI=1S/C32H40FN3O5S/c1-7-29(31(38)34-32(4,5)6)35(21-24-11-9-10-23(3)20-24)30(37)22-36(26-14-16-27(17-15-26)41-8-2)42(39,40)28-18-12-25(33)13-19-28/h9-20,29H,7-8,21-22H2,1-6H3,(H,34,38). The van der Waals surface area contributed by atoms with E-state index in [4.69, 9.17) is 4.74 Å². The molecule has 1 unspecified atom stereocenters. The quantitative estimate of drug-likeness (QED) is 0.300. The van der Waals surface area contributed by atoms with Gasteiger partial charge in [0.1, 0.15) is 24.2 Å². The van der Waals surface area contributed by atoms with Crippen molar-refractivity contribution in [3.8, 4) is 5.75 Å².